The molecule has 1 unspecified atom stereocenters. The number of thiophene rings is 1. The lowest BCUT2D eigenvalue weighted by Gasteiger charge is -2.36. The SMILES string of the molecule is C1=CC(C2(c3ccccc3)c3ccccc3-c3ccc(-c4cccc(N(c5ccc(-c6cccc(-c7cccc8ccccc78)c6)cc5)c5ccc(-c6cccc7ccccc67)c6sc7ccccc7c56)c4)cc32)=CCC1. The van der Waals surface area contributed by atoms with E-state index in [1.807, 2.05) is 11.3 Å². The summed E-state index contributed by atoms with van der Waals surface area (Å²) in [5, 5.41) is 7.53. The Bertz CT molecular complexity index is 4510. The third-order valence-electron chi connectivity index (χ3n) is 16.4. The fourth-order valence-electron chi connectivity index (χ4n) is 12.9. The molecular weight excluding hydrogens is 947 g/mol. The molecule has 0 spiro atoms. The Morgan fingerprint density at radius 3 is 1.77 bits per heavy atom. The van der Waals surface area contributed by atoms with Crippen molar-refractivity contribution >= 4 is 70.1 Å². The molecule has 0 amide bonds. The van der Waals surface area contributed by atoms with E-state index in [1.165, 1.54) is 120 Å². The van der Waals surface area contributed by atoms with E-state index in [0.717, 1.165) is 29.9 Å². The monoisotopic (exact) mass is 997 g/mol. The van der Waals surface area contributed by atoms with Crippen LogP contribution in [0, 0.1) is 0 Å². The molecule has 1 nitrogen and oxygen atoms in total. The second-order valence-corrected chi connectivity index (χ2v) is 21.6. The van der Waals surface area contributed by atoms with Crippen molar-refractivity contribution < 1.29 is 0 Å². The molecule has 0 fully saturated rings. The Labute approximate surface area is 453 Å². The molecule has 0 saturated heterocycles. The summed E-state index contributed by atoms with van der Waals surface area (Å²) in [5.74, 6) is 0. The lowest BCUT2D eigenvalue weighted by atomic mass is 9.66. The van der Waals surface area contributed by atoms with Crippen LogP contribution in [0.15, 0.2) is 291 Å². The molecule has 12 aromatic carbocycles. The van der Waals surface area contributed by atoms with E-state index in [0.29, 0.717) is 0 Å². The Kier molecular flexibility index (Phi) is 10.8. The Hall–Kier alpha value is -9.34. The molecule has 1 aromatic heterocycles. The molecule has 2 heteroatoms. The highest BCUT2D eigenvalue weighted by Gasteiger charge is 2.47. The third-order valence-corrected chi connectivity index (χ3v) is 17.6. The van der Waals surface area contributed by atoms with Crippen molar-refractivity contribution in [3.63, 3.8) is 0 Å². The zero-order valence-electron chi connectivity index (χ0n) is 42.4. The van der Waals surface area contributed by atoms with E-state index in [4.69, 9.17) is 0 Å². The summed E-state index contributed by atoms with van der Waals surface area (Å²) in [6.07, 6.45) is 9.33. The normalized spacial score (nSPS) is 14.7. The van der Waals surface area contributed by atoms with Gasteiger partial charge in [-0.2, -0.15) is 0 Å². The van der Waals surface area contributed by atoms with Gasteiger partial charge in [0.2, 0.25) is 0 Å². The smallest absolute Gasteiger partial charge is 0.0710 e. The Morgan fingerprint density at radius 2 is 0.961 bits per heavy atom. The van der Waals surface area contributed by atoms with Gasteiger partial charge < -0.3 is 4.90 Å². The number of fused-ring (bicyclic) bond motifs is 8. The zero-order valence-corrected chi connectivity index (χ0v) is 43.2. The average Bonchev–Trinajstić information content (AvgIpc) is 4.19. The molecule has 2 aliphatic carbocycles. The maximum atomic E-state index is 2.50. The molecule has 0 radical (unpaired) electrons. The quantitative estimate of drug-likeness (QED) is 0.139. The van der Waals surface area contributed by atoms with Gasteiger partial charge in [-0.1, -0.05) is 237 Å². The van der Waals surface area contributed by atoms with Gasteiger partial charge in [0, 0.05) is 37.1 Å². The van der Waals surface area contributed by atoms with Crippen molar-refractivity contribution in [2.45, 2.75) is 18.3 Å². The molecule has 0 aliphatic heterocycles. The number of hydrogen-bond donors (Lipinski definition) is 0. The molecule has 0 bridgehead atoms. The minimum absolute atomic E-state index is 0.447. The van der Waals surface area contributed by atoms with Crippen LogP contribution < -0.4 is 4.90 Å². The molecule has 13 aromatic rings. The van der Waals surface area contributed by atoms with Gasteiger partial charge in [0.05, 0.1) is 11.1 Å². The lowest BCUT2D eigenvalue weighted by molar-refractivity contribution is 0.752. The summed E-state index contributed by atoms with van der Waals surface area (Å²) < 4.78 is 2.56. The Morgan fingerprint density at radius 1 is 0.364 bits per heavy atom. The van der Waals surface area contributed by atoms with E-state index in [9.17, 15) is 0 Å². The molecule has 0 N–H and O–H groups in total. The first-order valence-electron chi connectivity index (χ1n) is 26.9. The van der Waals surface area contributed by atoms with Gasteiger partial charge in [-0.3, -0.25) is 0 Å². The number of hydrogen-bond acceptors (Lipinski definition) is 2. The fourth-order valence-corrected chi connectivity index (χ4v) is 14.1. The van der Waals surface area contributed by atoms with Crippen LogP contribution >= 0.6 is 11.3 Å². The largest absolute Gasteiger partial charge is 0.310 e. The van der Waals surface area contributed by atoms with Crippen molar-refractivity contribution in [3.05, 3.63) is 307 Å². The van der Waals surface area contributed by atoms with Crippen LogP contribution in [-0.4, -0.2) is 0 Å². The molecular formula is C75H51NS. The van der Waals surface area contributed by atoms with Gasteiger partial charge in [-0.25, -0.2) is 0 Å². The van der Waals surface area contributed by atoms with Crippen molar-refractivity contribution in [2.75, 3.05) is 4.90 Å². The van der Waals surface area contributed by atoms with Gasteiger partial charge in [-0.05, 0) is 155 Å². The number of anilines is 3. The van der Waals surface area contributed by atoms with Gasteiger partial charge in [0.15, 0.2) is 0 Å². The molecule has 1 atom stereocenters. The minimum Gasteiger partial charge on any atom is -0.310 e. The highest BCUT2D eigenvalue weighted by atomic mass is 32.1. The van der Waals surface area contributed by atoms with Crippen LogP contribution in [0.4, 0.5) is 17.1 Å². The van der Waals surface area contributed by atoms with Crippen molar-refractivity contribution in [1.82, 2.24) is 0 Å². The summed E-state index contributed by atoms with van der Waals surface area (Å²) in [6.45, 7) is 0. The van der Waals surface area contributed by atoms with Crippen LogP contribution in [0.1, 0.15) is 29.5 Å². The van der Waals surface area contributed by atoms with Gasteiger partial charge in [0.1, 0.15) is 0 Å². The molecule has 15 rings (SSSR count). The third kappa shape index (κ3) is 7.36. The topological polar surface area (TPSA) is 3.24 Å². The van der Waals surface area contributed by atoms with E-state index in [1.54, 1.807) is 0 Å². The zero-order chi connectivity index (χ0) is 50.9. The van der Waals surface area contributed by atoms with Crippen LogP contribution in [0.5, 0.6) is 0 Å². The predicted molar refractivity (Wildman–Crippen MR) is 329 cm³/mol. The second kappa shape index (κ2) is 18.5. The van der Waals surface area contributed by atoms with Gasteiger partial charge in [-0.15, -0.1) is 11.3 Å². The average molecular weight is 998 g/mol. The van der Waals surface area contributed by atoms with E-state index < -0.39 is 5.41 Å². The molecule has 362 valence electrons. The first kappa shape index (κ1) is 45.1. The van der Waals surface area contributed by atoms with Crippen LogP contribution in [0.2, 0.25) is 0 Å². The fraction of sp³-hybridized carbons (Fsp3) is 0.0400. The summed E-state index contributed by atoms with van der Waals surface area (Å²) in [6, 6.07) is 99.5. The van der Waals surface area contributed by atoms with E-state index in [-0.39, 0.29) is 0 Å². The summed E-state index contributed by atoms with van der Waals surface area (Å²) in [7, 11) is 0. The highest BCUT2D eigenvalue weighted by Crippen LogP contribution is 2.58. The van der Waals surface area contributed by atoms with Crippen molar-refractivity contribution in [1.29, 1.82) is 0 Å². The van der Waals surface area contributed by atoms with Crippen LogP contribution in [-0.2, 0) is 5.41 Å². The van der Waals surface area contributed by atoms with Crippen molar-refractivity contribution in [2.24, 2.45) is 0 Å². The highest BCUT2D eigenvalue weighted by molar-refractivity contribution is 7.26. The van der Waals surface area contributed by atoms with E-state index in [2.05, 4.69) is 290 Å². The predicted octanol–water partition coefficient (Wildman–Crippen LogP) is 21.1. The molecule has 0 saturated carbocycles. The Balaban J connectivity index is 0.915. The van der Waals surface area contributed by atoms with Gasteiger partial charge in [0.25, 0.3) is 0 Å². The maximum absolute atomic E-state index is 2.50. The van der Waals surface area contributed by atoms with E-state index >= 15 is 0 Å². The first-order valence-corrected chi connectivity index (χ1v) is 27.7. The van der Waals surface area contributed by atoms with Gasteiger partial charge >= 0.3 is 0 Å². The van der Waals surface area contributed by atoms with Crippen LogP contribution in [0.25, 0.3) is 97.4 Å². The lowest BCUT2D eigenvalue weighted by Crippen LogP contribution is -2.29. The summed E-state index contributed by atoms with van der Waals surface area (Å²) in [4.78, 5) is 2.50. The summed E-state index contributed by atoms with van der Waals surface area (Å²) in [5.41, 5.74) is 20.5. The maximum Gasteiger partial charge on any atom is 0.0710 e. The summed E-state index contributed by atoms with van der Waals surface area (Å²) >= 11 is 1.89. The first-order chi connectivity index (χ1) is 38.2. The second-order valence-electron chi connectivity index (χ2n) is 20.6. The molecule has 2 aliphatic rings. The standard InChI is InChI=1S/C75H51NS/c1-3-26-57(27-4-1)75(58-28-5-2-6-29-58)69-37-13-11-33-65(69)66-44-41-55(49-70(66)75)54-24-16-30-60(48-54)76(59-42-39-50(40-43-59)53-23-15-25-56(47-53)63-35-17-21-51-19-7-9-31-61(51)63)71-46-45-67(64-36-18-22-52-20-8-10-32-62(52)64)74-73(71)68-34-12-14-38-72(68)77-74/h1,3-5,7-49H,2,6H2. The number of nitrogens with zero attached hydrogens (tertiary/aromatic N) is 1. The number of rotatable bonds is 9. The number of allylic oxidation sites excluding steroid dienone is 4. The minimum atomic E-state index is -0.447. The van der Waals surface area contributed by atoms with Crippen molar-refractivity contribution in [3.8, 4) is 55.6 Å². The molecule has 77 heavy (non-hydrogen) atoms. The molecule has 1 heterocycles. The van der Waals surface area contributed by atoms with Crippen LogP contribution in [0.3, 0.4) is 0 Å². The number of benzene rings is 12.